The molecule has 1 aromatic rings. The average molecular weight is 265 g/mol. The molecule has 1 nitrogen and oxygen atoms in total. The summed E-state index contributed by atoms with van der Waals surface area (Å²) in [6, 6.07) is 8.94. The van der Waals surface area contributed by atoms with E-state index in [0.717, 1.165) is 10.9 Å². The van der Waals surface area contributed by atoms with Crippen LogP contribution < -0.4 is 5.32 Å². The Kier molecular flexibility index (Phi) is 6.39. The van der Waals surface area contributed by atoms with E-state index in [9.17, 15) is 0 Å². The minimum Gasteiger partial charge on any atom is -0.313 e. The Morgan fingerprint density at radius 2 is 1.85 bits per heavy atom. The van der Waals surface area contributed by atoms with E-state index in [1.54, 1.807) is 0 Å². The van der Waals surface area contributed by atoms with Crippen LogP contribution in [-0.4, -0.2) is 7.05 Å². The largest absolute Gasteiger partial charge is 0.313 e. The quantitative estimate of drug-likeness (QED) is 0.880. The molecule has 0 spiro atoms. The molecule has 1 unspecified atom stereocenters. The van der Waals surface area contributed by atoms with Crippen LogP contribution in [0.25, 0.3) is 0 Å². The zero-order valence-corrected chi connectivity index (χ0v) is 10.3. The van der Waals surface area contributed by atoms with Crippen molar-refractivity contribution < 1.29 is 0 Å². The molecule has 13 heavy (non-hydrogen) atoms. The number of nitrogens with one attached hydrogen (secondary N) is 1. The fourth-order valence-corrected chi connectivity index (χ4v) is 1.57. The Bertz CT molecular complexity index is 231. The summed E-state index contributed by atoms with van der Waals surface area (Å²) in [5.74, 6) is 0. The predicted octanol–water partition coefficient (Wildman–Crippen LogP) is 3.54. The lowest BCUT2D eigenvalue weighted by Crippen LogP contribution is -2.14. The van der Waals surface area contributed by atoms with Gasteiger partial charge in [0.1, 0.15) is 0 Å². The molecule has 0 fully saturated rings. The SMILES string of the molecule is CCC(NC)c1ccc(Br)cc1.Cl. The van der Waals surface area contributed by atoms with Crippen molar-refractivity contribution in [3.63, 3.8) is 0 Å². The highest BCUT2D eigenvalue weighted by atomic mass is 79.9. The van der Waals surface area contributed by atoms with Gasteiger partial charge in [-0.05, 0) is 31.2 Å². The van der Waals surface area contributed by atoms with Gasteiger partial charge in [0.25, 0.3) is 0 Å². The second-order valence-electron chi connectivity index (χ2n) is 2.80. The molecule has 0 aliphatic carbocycles. The molecular weight excluding hydrogens is 249 g/mol. The molecule has 1 rings (SSSR count). The number of benzene rings is 1. The van der Waals surface area contributed by atoms with Crippen molar-refractivity contribution in [2.75, 3.05) is 7.05 Å². The summed E-state index contributed by atoms with van der Waals surface area (Å²) in [5, 5.41) is 3.27. The zero-order chi connectivity index (χ0) is 8.97. The molecule has 0 bridgehead atoms. The Labute approximate surface area is 94.5 Å². The summed E-state index contributed by atoms with van der Waals surface area (Å²) in [4.78, 5) is 0. The van der Waals surface area contributed by atoms with Crippen molar-refractivity contribution in [2.45, 2.75) is 19.4 Å². The Balaban J connectivity index is 0.00000144. The van der Waals surface area contributed by atoms with Gasteiger partial charge in [0.2, 0.25) is 0 Å². The van der Waals surface area contributed by atoms with Gasteiger partial charge >= 0.3 is 0 Å². The topological polar surface area (TPSA) is 12.0 Å². The van der Waals surface area contributed by atoms with Crippen molar-refractivity contribution >= 4 is 28.3 Å². The molecule has 0 saturated carbocycles. The van der Waals surface area contributed by atoms with E-state index in [0.29, 0.717) is 6.04 Å². The smallest absolute Gasteiger partial charge is 0.0314 e. The lowest BCUT2D eigenvalue weighted by atomic mass is 10.1. The minimum atomic E-state index is 0. The lowest BCUT2D eigenvalue weighted by molar-refractivity contribution is 0.577. The van der Waals surface area contributed by atoms with Crippen molar-refractivity contribution in [1.82, 2.24) is 5.32 Å². The molecule has 0 aromatic heterocycles. The molecule has 0 aliphatic rings. The molecule has 1 aromatic carbocycles. The van der Waals surface area contributed by atoms with E-state index in [2.05, 4.69) is 52.4 Å². The van der Waals surface area contributed by atoms with Gasteiger partial charge < -0.3 is 5.32 Å². The number of hydrogen-bond donors (Lipinski definition) is 1. The monoisotopic (exact) mass is 263 g/mol. The third kappa shape index (κ3) is 3.67. The summed E-state index contributed by atoms with van der Waals surface area (Å²) in [5.41, 5.74) is 1.35. The Morgan fingerprint density at radius 3 is 2.23 bits per heavy atom. The summed E-state index contributed by atoms with van der Waals surface area (Å²) in [7, 11) is 2.00. The van der Waals surface area contributed by atoms with Crippen LogP contribution in [0.15, 0.2) is 28.7 Å². The van der Waals surface area contributed by atoms with E-state index < -0.39 is 0 Å². The van der Waals surface area contributed by atoms with Crippen LogP contribution >= 0.6 is 28.3 Å². The Hall–Kier alpha value is -0.0500. The predicted molar refractivity (Wildman–Crippen MR) is 63.5 cm³/mol. The van der Waals surface area contributed by atoms with Gasteiger partial charge in [-0.25, -0.2) is 0 Å². The first-order valence-electron chi connectivity index (χ1n) is 4.20. The van der Waals surface area contributed by atoms with Gasteiger partial charge in [0, 0.05) is 10.5 Å². The highest BCUT2D eigenvalue weighted by Gasteiger charge is 2.04. The summed E-state index contributed by atoms with van der Waals surface area (Å²) in [6.07, 6.45) is 1.12. The lowest BCUT2D eigenvalue weighted by Gasteiger charge is -2.13. The van der Waals surface area contributed by atoms with Crippen molar-refractivity contribution in [1.29, 1.82) is 0 Å². The third-order valence-electron chi connectivity index (χ3n) is 2.03. The first-order chi connectivity index (χ1) is 5.77. The molecule has 1 N–H and O–H groups in total. The molecular formula is C10H15BrClN. The number of halogens is 2. The molecule has 1 atom stereocenters. The van der Waals surface area contributed by atoms with Crippen molar-refractivity contribution in [2.24, 2.45) is 0 Å². The van der Waals surface area contributed by atoms with Crippen LogP contribution in [-0.2, 0) is 0 Å². The van der Waals surface area contributed by atoms with Crippen LogP contribution in [0.3, 0.4) is 0 Å². The maximum absolute atomic E-state index is 3.42. The first-order valence-corrected chi connectivity index (χ1v) is 5.00. The molecule has 0 radical (unpaired) electrons. The second-order valence-corrected chi connectivity index (χ2v) is 3.72. The summed E-state index contributed by atoms with van der Waals surface area (Å²) in [6.45, 7) is 2.18. The van der Waals surface area contributed by atoms with Gasteiger partial charge in [-0.1, -0.05) is 35.0 Å². The van der Waals surface area contributed by atoms with E-state index in [4.69, 9.17) is 0 Å². The molecule has 0 amide bonds. The van der Waals surface area contributed by atoms with E-state index in [1.807, 2.05) is 7.05 Å². The highest BCUT2D eigenvalue weighted by molar-refractivity contribution is 9.10. The molecule has 0 heterocycles. The standard InChI is InChI=1S/C10H14BrN.ClH/c1-3-10(12-2)8-4-6-9(11)7-5-8;/h4-7,10,12H,3H2,1-2H3;1H. The first kappa shape index (κ1) is 12.9. The van der Waals surface area contributed by atoms with E-state index in [-0.39, 0.29) is 12.4 Å². The minimum absolute atomic E-state index is 0. The van der Waals surface area contributed by atoms with Gasteiger partial charge in [0.05, 0.1) is 0 Å². The van der Waals surface area contributed by atoms with Crippen LogP contribution in [0, 0.1) is 0 Å². The number of hydrogen-bond acceptors (Lipinski definition) is 1. The fraction of sp³-hybridized carbons (Fsp3) is 0.400. The third-order valence-corrected chi connectivity index (χ3v) is 2.56. The van der Waals surface area contributed by atoms with Crippen molar-refractivity contribution in [3.05, 3.63) is 34.3 Å². The maximum atomic E-state index is 3.42. The maximum Gasteiger partial charge on any atom is 0.0314 e. The van der Waals surface area contributed by atoms with E-state index in [1.165, 1.54) is 5.56 Å². The molecule has 0 aliphatic heterocycles. The van der Waals surface area contributed by atoms with Crippen LogP contribution in [0.1, 0.15) is 24.9 Å². The van der Waals surface area contributed by atoms with Gasteiger partial charge in [-0.3, -0.25) is 0 Å². The van der Waals surface area contributed by atoms with Crippen molar-refractivity contribution in [3.8, 4) is 0 Å². The number of rotatable bonds is 3. The van der Waals surface area contributed by atoms with Gasteiger partial charge in [-0.15, -0.1) is 12.4 Å². The van der Waals surface area contributed by atoms with Crippen LogP contribution in [0.2, 0.25) is 0 Å². The van der Waals surface area contributed by atoms with Crippen LogP contribution in [0.4, 0.5) is 0 Å². The fourth-order valence-electron chi connectivity index (χ4n) is 1.30. The van der Waals surface area contributed by atoms with Gasteiger partial charge in [0.15, 0.2) is 0 Å². The summed E-state index contributed by atoms with van der Waals surface area (Å²) < 4.78 is 1.14. The normalized spacial score (nSPS) is 11.9. The Morgan fingerprint density at radius 1 is 1.31 bits per heavy atom. The van der Waals surface area contributed by atoms with E-state index >= 15 is 0 Å². The molecule has 3 heteroatoms. The average Bonchev–Trinajstić information content (AvgIpc) is 2.10. The summed E-state index contributed by atoms with van der Waals surface area (Å²) >= 11 is 3.42. The van der Waals surface area contributed by atoms with Gasteiger partial charge in [-0.2, -0.15) is 0 Å². The molecule has 0 saturated heterocycles. The molecule has 74 valence electrons. The zero-order valence-electron chi connectivity index (χ0n) is 7.88. The van der Waals surface area contributed by atoms with Crippen LogP contribution in [0.5, 0.6) is 0 Å². The highest BCUT2D eigenvalue weighted by Crippen LogP contribution is 2.18. The second kappa shape index (κ2) is 6.41.